The molecule has 0 aliphatic carbocycles. The van der Waals surface area contributed by atoms with Crippen molar-refractivity contribution in [2.45, 2.75) is 0 Å². The summed E-state index contributed by atoms with van der Waals surface area (Å²) in [7, 11) is 0. The summed E-state index contributed by atoms with van der Waals surface area (Å²) in [4.78, 5) is 0.364. The van der Waals surface area contributed by atoms with E-state index in [1.807, 2.05) is 0 Å². The predicted octanol–water partition coefficient (Wildman–Crippen LogP) is 17.3. The van der Waals surface area contributed by atoms with Gasteiger partial charge in [-0.2, -0.15) is 0 Å². The molecule has 0 bridgehead atoms. The predicted molar refractivity (Wildman–Crippen MR) is 270 cm³/mol. The average molecular weight is 860 g/mol. The molecule has 10 aromatic carbocycles. The summed E-state index contributed by atoms with van der Waals surface area (Å²) in [5, 5.41) is -2.75. The fraction of sp³-hybridized carbons (Fsp3) is 0. The summed E-state index contributed by atoms with van der Waals surface area (Å²) in [6.07, 6.45) is 0. The summed E-state index contributed by atoms with van der Waals surface area (Å²) < 4.78 is 359. The van der Waals surface area contributed by atoms with Gasteiger partial charge in [-0.15, -0.1) is 11.3 Å². The molecule has 0 saturated heterocycles. The number of para-hydroxylation sites is 2. The van der Waals surface area contributed by atoms with Crippen molar-refractivity contribution in [1.82, 2.24) is 4.57 Å². The van der Waals surface area contributed by atoms with Gasteiger partial charge in [-0.05, 0) is 99.4 Å². The SMILES string of the molecule is [2H]c1cc(-c2c([2H])c(-c3c([2H])c([2H])c([2H])c([2H])c3[2H])c([2H])c([2H])c2N(c2c([2H])c([2H])c(-c3c([2H])c([2H])c([2H])c([2H])c3[2H])c([2H])c2[2H])c2c([2H])c([2H])c(-c3c([2H])c([2H])c([2H])c(-n4c5c([2H])c([2H])c([2H])c([2H])c5c5c([2H])c([2H])c([2H])c([2H])c54)c3[2H])c3sc4c([2H])c([2H])c([2H])c([2H])c4c23)c([2H])c([2H])c1[2H]. The number of hydrogen-bond acceptors (Lipinski definition) is 2. The first kappa shape index (κ1) is 14.6. The van der Waals surface area contributed by atoms with Crippen LogP contribution in [0, 0.1) is 0 Å². The van der Waals surface area contributed by atoms with Crippen LogP contribution in [0.5, 0.6) is 0 Å². The van der Waals surface area contributed by atoms with Crippen LogP contribution >= 0.6 is 11.3 Å². The molecule has 63 heavy (non-hydrogen) atoms. The van der Waals surface area contributed by atoms with E-state index in [9.17, 15) is 24.7 Å². The van der Waals surface area contributed by atoms with Crippen LogP contribution in [0.15, 0.2) is 242 Å². The Morgan fingerprint density at radius 1 is 0.381 bits per heavy atom. The zero-order chi connectivity index (χ0) is 75.6. The second-order valence-electron chi connectivity index (χ2n) is 13.1. The first-order valence-corrected chi connectivity index (χ1v) is 19.1. The van der Waals surface area contributed by atoms with Crippen LogP contribution in [-0.2, 0) is 0 Å². The fourth-order valence-corrected chi connectivity index (χ4v) is 8.07. The van der Waals surface area contributed by atoms with Gasteiger partial charge in [0, 0.05) is 47.9 Å². The van der Waals surface area contributed by atoms with E-state index in [0.29, 0.717) is 26.9 Å². The molecule has 12 aromatic rings. The second-order valence-corrected chi connectivity index (χ2v) is 14.1. The molecular formula is C60H40N2S. The lowest BCUT2D eigenvalue weighted by Gasteiger charge is -2.30. The van der Waals surface area contributed by atoms with Gasteiger partial charge < -0.3 is 9.47 Å². The van der Waals surface area contributed by atoms with Crippen molar-refractivity contribution < 1.29 is 53.5 Å². The largest absolute Gasteiger partial charge is 0.309 e. The number of aromatic nitrogens is 1. The van der Waals surface area contributed by atoms with Gasteiger partial charge in [0.2, 0.25) is 0 Å². The highest BCUT2D eigenvalue weighted by atomic mass is 32.1. The highest BCUT2D eigenvalue weighted by molar-refractivity contribution is 7.26. The van der Waals surface area contributed by atoms with E-state index in [2.05, 4.69) is 0 Å². The Labute approximate surface area is 425 Å². The molecule has 0 fully saturated rings. The maximum Gasteiger partial charge on any atom is 0.0651 e. The van der Waals surface area contributed by atoms with Crippen LogP contribution in [0.1, 0.15) is 53.5 Å². The van der Waals surface area contributed by atoms with Crippen LogP contribution in [-0.4, -0.2) is 4.57 Å². The van der Waals surface area contributed by atoms with E-state index >= 15 is 0 Å². The lowest BCUT2D eigenvalue weighted by atomic mass is 9.95. The molecule has 3 heteroatoms. The smallest absolute Gasteiger partial charge is 0.0651 e. The Hall–Kier alpha value is -7.98. The van der Waals surface area contributed by atoms with Gasteiger partial charge in [-0.1, -0.05) is 181 Å². The van der Waals surface area contributed by atoms with Gasteiger partial charge >= 0.3 is 0 Å². The van der Waals surface area contributed by atoms with E-state index in [0.717, 1.165) is 0 Å². The molecule has 0 N–H and O–H groups in total. The van der Waals surface area contributed by atoms with E-state index < -0.39 is 345 Å². The third-order valence-corrected chi connectivity index (χ3v) is 10.7. The lowest BCUT2D eigenvalue weighted by Crippen LogP contribution is -2.12. The average Bonchev–Trinajstić information content (AvgIpc) is 1.41. The number of anilines is 3. The Morgan fingerprint density at radius 2 is 0.937 bits per heavy atom. The Bertz CT molecular complexity index is 5790. The van der Waals surface area contributed by atoms with Crippen molar-refractivity contribution in [1.29, 1.82) is 0 Å². The number of fused-ring (bicyclic) bond motifs is 6. The number of thiophene rings is 1. The van der Waals surface area contributed by atoms with Crippen molar-refractivity contribution in [2.75, 3.05) is 4.90 Å². The number of hydrogen-bond donors (Lipinski definition) is 0. The molecule has 0 saturated carbocycles. The highest BCUT2D eigenvalue weighted by Gasteiger charge is 2.24. The summed E-state index contributed by atoms with van der Waals surface area (Å²) in [5.41, 5.74) is -13.9. The van der Waals surface area contributed by atoms with Gasteiger partial charge in [0.1, 0.15) is 0 Å². The molecule has 0 aliphatic rings. The van der Waals surface area contributed by atoms with Crippen molar-refractivity contribution in [2.24, 2.45) is 0 Å². The molecule has 2 aromatic heterocycles. The molecule has 296 valence electrons. The van der Waals surface area contributed by atoms with Gasteiger partial charge in [-0.3, -0.25) is 0 Å². The monoisotopic (exact) mass is 860 g/mol. The summed E-state index contributed by atoms with van der Waals surface area (Å²) in [5.74, 6) is 0. The van der Waals surface area contributed by atoms with Crippen LogP contribution in [0.4, 0.5) is 17.1 Å². The zero-order valence-electron chi connectivity index (χ0n) is 70.4. The standard InChI is InChI=1S/C60H40N2S/c1-4-17-41(18-5-1)43-31-34-47(35-32-43)61(56-37-33-45(42-19-6-2-7-20-42)40-53(56)44-21-8-3-9-22-44)57-38-36-49(60-59(57)52-27-12-15-30-58(52)63-60)46-23-16-24-48(39-46)62-54-28-13-10-25-50(54)51-26-11-14-29-55(51)62/h1-40H/i1D,2D,3D,4D,5D,6D,7D,8D,9D,10D,11D,12D,13D,14D,15D,16D,17D,18D,19D,20D,21D,23D,24D,25D,26D,27D,28D,29D,30D,31D,32D,33D,34D,35D,36D,37D,38D,39D,40D. The van der Waals surface area contributed by atoms with Crippen molar-refractivity contribution in [3.05, 3.63) is 242 Å². The van der Waals surface area contributed by atoms with Crippen molar-refractivity contribution in [3.63, 3.8) is 0 Å². The second kappa shape index (κ2) is 15.5. The maximum absolute atomic E-state index is 10.5. The first-order chi connectivity index (χ1) is 47.5. The van der Waals surface area contributed by atoms with Crippen molar-refractivity contribution in [3.8, 4) is 50.2 Å². The van der Waals surface area contributed by atoms with E-state index in [1.54, 1.807) is 0 Å². The minimum atomic E-state index is -1.41. The summed E-state index contributed by atoms with van der Waals surface area (Å²) in [6.45, 7) is 0. The minimum Gasteiger partial charge on any atom is -0.309 e. The third-order valence-electron chi connectivity index (χ3n) is 9.62. The topological polar surface area (TPSA) is 8.17 Å². The quantitative estimate of drug-likeness (QED) is 0.148. The summed E-state index contributed by atoms with van der Waals surface area (Å²) in [6, 6.07) is -42.2. The van der Waals surface area contributed by atoms with E-state index in [1.165, 1.54) is 0 Å². The van der Waals surface area contributed by atoms with Gasteiger partial charge in [0.05, 0.1) is 75.9 Å². The van der Waals surface area contributed by atoms with E-state index in [-0.39, 0.29) is 0 Å². The van der Waals surface area contributed by atoms with Gasteiger partial charge in [-0.25, -0.2) is 0 Å². The molecule has 12 rings (SSSR count). The Morgan fingerprint density at radius 3 is 1.67 bits per heavy atom. The summed E-state index contributed by atoms with van der Waals surface area (Å²) >= 11 is 0.293. The molecule has 0 atom stereocenters. The molecular weight excluding hydrogens is 781 g/mol. The molecule has 0 radical (unpaired) electrons. The zero-order valence-corrected chi connectivity index (χ0v) is 32.2. The molecule has 0 unspecified atom stereocenters. The molecule has 0 amide bonds. The normalized spacial score (nSPS) is 20.2. The first-order valence-electron chi connectivity index (χ1n) is 37.8. The fourth-order valence-electron chi connectivity index (χ4n) is 6.95. The van der Waals surface area contributed by atoms with Crippen LogP contribution in [0.3, 0.4) is 0 Å². The maximum atomic E-state index is 10.5. The van der Waals surface area contributed by atoms with Crippen LogP contribution < -0.4 is 4.90 Å². The van der Waals surface area contributed by atoms with Gasteiger partial charge in [0.25, 0.3) is 0 Å². The molecule has 2 heterocycles. The van der Waals surface area contributed by atoms with Crippen molar-refractivity contribution >= 4 is 70.4 Å². The molecule has 2 nitrogen and oxygen atoms in total. The highest BCUT2D eigenvalue weighted by Crippen LogP contribution is 2.51. The number of benzene rings is 10. The Kier molecular flexibility index (Phi) is 3.58. The van der Waals surface area contributed by atoms with E-state index in [4.69, 9.17) is 28.8 Å². The van der Waals surface area contributed by atoms with Crippen LogP contribution in [0.25, 0.3) is 92.2 Å². The van der Waals surface area contributed by atoms with Gasteiger partial charge in [0.15, 0.2) is 0 Å². The number of rotatable bonds is 8. The Balaban J connectivity index is 1.37. The molecule has 0 aliphatic heterocycles. The third kappa shape index (κ3) is 6.41. The number of nitrogens with zero attached hydrogens (tertiary/aromatic N) is 2. The molecule has 0 spiro atoms. The van der Waals surface area contributed by atoms with Crippen LogP contribution in [0.2, 0.25) is 0 Å². The minimum absolute atomic E-state index is 0.293. The lowest BCUT2D eigenvalue weighted by molar-refractivity contribution is 1.18.